The number of aryl methyl sites for hydroxylation is 4. The van der Waals surface area contributed by atoms with E-state index in [0.717, 1.165) is 29.5 Å². The summed E-state index contributed by atoms with van der Waals surface area (Å²) in [5.74, 6) is 0.0414. The number of hydrogen-bond donors (Lipinski definition) is 1. The molecule has 36 heavy (non-hydrogen) atoms. The summed E-state index contributed by atoms with van der Waals surface area (Å²) in [5, 5.41) is 3.05. The van der Waals surface area contributed by atoms with Crippen molar-refractivity contribution in [3.63, 3.8) is 0 Å². The average molecular weight is 505 g/mol. The Balaban J connectivity index is 1.41. The van der Waals surface area contributed by atoms with Gasteiger partial charge in [0.15, 0.2) is 6.10 Å². The molecule has 0 bridgehead atoms. The van der Waals surface area contributed by atoms with Crippen LogP contribution in [0.25, 0.3) is 0 Å². The van der Waals surface area contributed by atoms with Gasteiger partial charge in [0.2, 0.25) is 0 Å². The van der Waals surface area contributed by atoms with Gasteiger partial charge in [0.05, 0.1) is 23.2 Å². The molecular weight excluding hydrogens is 472 g/mol. The van der Waals surface area contributed by atoms with Gasteiger partial charge in [0, 0.05) is 0 Å². The van der Waals surface area contributed by atoms with Crippen LogP contribution in [0, 0.1) is 13.8 Å². The molecule has 7 heteroatoms. The first-order chi connectivity index (χ1) is 17.2. The maximum atomic E-state index is 13.7. The van der Waals surface area contributed by atoms with Crippen LogP contribution in [-0.2, 0) is 27.7 Å². The standard InChI is InChI=1S/C29H32N2O4S/c1-19-8-13-25(14-9-19)36(33,34)31-18-28(35-27-15-10-20(2)16-26(27)31)29(32)30-21(3)23-12-11-22-6-4-5-7-24(22)17-23/h8-17,21,28H,4-7,18H2,1-3H3,(H,30,32). The van der Waals surface area contributed by atoms with Gasteiger partial charge in [-0.05, 0) is 93.0 Å². The molecule has 6 nitrogen and oxygen atoms in total. The third-order valence-electron chi connectivity index (χ3n) is 7.12. The number of sulfonamides is 1. The Morgan fingerprint density at radius 1 is 0.944 bits per heavy atom. The number of anilines is 1. The van der Waals surface area contributed by atoms with Gasteiger partial charge in [0.1, 0.15) is 5.75 Å². The van der Waals surface area contributed by atoms with Gasteiger partial charge < -0.3 is 10.1 Å². The Labute approximate surface area is 213 Å². The number of nitrogens with one attached hydrogen (secondary N) is 1. The fraction of sp³-hybridized carbons (Fsp3) is 0.345. The number of nitrogens with zero attached hydrogens (tertiary/aromatic N) is 1. The van der Waals surface area contributed by atoms with E-state index in [1.807, 2.05) is 26.8 Å². The molecule has 5 rings (SSSR count). The zero-order valence-electron chi connectivity index (χ0n) is 21.0. The van der Waals surface area contributed by atoms with Crippen molar-refractivity contribution in [1.82, 2.24) is 5.32 Å². The van der Waals surface area contributed by atoms with E-state index in [-0.39, 0.29) is 23.4 Å². The SMILES string of the molecule is Cc1ccc(S(=O)(=O)N2CC(C(=O)NC(C)c3ccc4c(c3)CCCC4)Oc3ccc(C)cc32)cc1. The molecule has 2 atom stereocenters. The van der Waals surface area contributed by atoms with E-state index < -0.39 is 16.1 Å². The predicted octanol–water partition coefficient (Wildman–Crippen LogP) is 5.02. The van der Waals surface area contributed by atoms with Crippen LogP contribution in [0.4, 0.5) is 5.69 Å². The summed E-state index contributed by atoms with van der Waals surface area (Å²) in [6.07, 6.45) is 3.62. The zero-order valence-corrected chi connectivity index (χ0v) is 21.8. The van der Waals surface area contributed by atoms with Gasteiger partial charge in [-0.2, -0.15) is 0 Å². The smallest absolute Gasteiger partial charge is 0.264 e. The van der Waals surface area contributed by atoms with Crippen LogP contribution < -0.4 is 14.4 Å². The number of hydrogen-bond acceptors (Lipinski definition) is 4. The first kappa shape index (κ1) is 24.4. The van der Waals surface area contributed by atoms with Gasteiger partial charge >= 0.3 is 0 Å². The van der Waals surface area contributed by atoms with Crippen LogP contribution >= 0.6 is 0 Å². The third kappa shape index (κ3) is 4.72. The second-order valence-corrected chi connectivity index (χ2v) is 11.8. The molecule has 3 aromatic carbocycles. The summed E-state index contributed by atoms with van der Waals surface area (Å²) < 4.78 is 34.7. The molecule has 1 amide bonds. The summed E-state index contributed by atoms with van der Waals surface area (Å²) in [6, 6.07) is 18.3. The van der Waals surface area contributed by atoms with E-state index >= 15 is 0 Å². The lowest BCUT2D eigenvalue weighted by Gasteiger charge is -2.35. The highest BCUT2D eigenvalue weighted by Crippen LogP contribution is 2.38. The topological polar surface area (TPSA) is 75.7 Å². The summed E-state index contributed by atoms with van der Waals surface area (Å²) in [4.78, 5) is 13.5. The summed E-state index contributed by atoms with van der Waals surface area (Å²) >= 11 is 0. The molecule has 2 unspecified atom stereocenters. The molecule has 2 aliphatic rings. The molecule has 0 fully saturated rings. The van der Waals surface area contributed by atoms with Gasteiger partial charge in [-0.3, -0.25) is 9.10 Å². The second kappa shape index (κ2) is 9.62. The number of ether oxygens (including phenoxy) is 1. The van der Waals surface area contributed by atoms with E-state index in [1.54, 1.807) is 36.4 Å². The Morgan fingerprint density at radius 3 is 2.39 bits per heavy atom. The minimum atomic E-state index is -3.89. The minimum absolute atomic E-state index is 0.102. The van der Waals surface area contributed by atoms with E-state index in [0.29, 0.717) is 11.4 Å². The van der Waals surface area contributed by atoms with Crippen molar-refractivity contribution in [2.45, 2.75) is 63.5 Å². The van der Waals surface area contributed by atoms with Crippen LogP contribution in [-0.4, -0.2) is 27.0 Å². The highest BCUT2D eigenvalue weighted by Gasteiger charge is 2.38. The predicted molar refractivity (Wildman–Crippen MR) is 141 cm³/mol. The summed E-state index contributed by atoms with van der Waals surface area (Å²) in [5.41, 5.74) is 6.12. The molecule has 0 saturated carbocycles. The van der Waals surface area contributed by atoms with Crippen molar-refractivity contribution in [3.05, 3.63) is 88.5 Å². The van der Waals surface area contributed by atoms with Gasteiger partial charge in [0.25, 0.3) is 15.9 Å². The number of benzene rings is 3. The zero-order chi connectivity index (χ0) is 25.4. The monoisotopic (exact) mass is 504 g/mol. The molecule has 1 aliphatic heterocycles. The lowest BCUT2D eigenvalue weighted by Crippen LogP contribution is -2.51. The van der Waals surface area contributed by atoms with Crippen LogP contribution in [0.15, 0.2) is 65.6 Å². The summed E-state index contributed by atoms with van der Waals surface area (Å²) in [7, 11) is -3.89. The van der Waals surface area contributed by atoms with Crippen molar-refractivity contribution >= 4 is 21.6 Å². The fourth-order valence-corrected chi connectivity index (χ4v) is 6.44. The number of amides is 1. The molecule has 0 aromatic heterocycles. The molecule has 188 valence electrons. The largest absolute Gasteiger partial charge is 0.476 e. The average Bonchev–Trinajstić information content (AvgIpc) is 2.87. The Hall–Kier alpha value is -3.32. The van der Waals surface area contributed by atoms with E-state index in [1.165, 1.54) is 28.3 Å². The first-order valence-corrected chi connectivity index (χ1v) is 14.0. The highest BCUT2D eigenvalue weighted by molar-refractivity contribution is 7.92. The molecule has 0 spiro atoms. The molecule has 0 radical (unpaired) electrons. The van der Waals surface area contributed by atoms with Gasteiger partial charge in [-0.1, -0.05) is 42.0 Å². The molecule has 0 saturated heterocycles. The normalized spacial score (nSPS) is 18.0. The van der Waals surface area contributed by atoms with Crippen LogP contribution in [0.3, 0.4) is 0 Å². The van der Waals surface area contributed by atoms with Crippen molar-refractivity contribution in [2.75, 3.05) is 10.8 Å². The summed E-state index contributed by atoms with van der Waals surface area (Å²) in [6.45, 7) is 5.66. The molecule has 1 aliphatic carbocycles. The van der Waals surface area contributed by atoms with Crippen molar-refractivity contribution in [3.8, 4) is 5.75 Å². The second-order valence-electron chi connectivity index (χ2n) is 9.89. The van der Waals surface area contributed by atoms with E-state index in [2.05, 4.69) is 23.5 Å². The van der Waals surface area contributed by atoms with E-state index in [9.17, 15) is 13.2 Å². The van der Waals surface area contributed by atoms with Crippen LogP contribution in [0.2, 0.25) is 0 Å². The Kier molecular flexibility index (Phi) is 6.51. The Morgan fingerprint density at radius 2 is 1.64 bits per heavy atom. The van der Waals surface area contributed by atoms with E-state index in [4.69, 9.17) is 4.74 Å². The Bertz CT molecular complexity index is 1400. The maximum Gasteiger partial charge on any atom is 0.264 e. The van der Waals surface area contributed by atoms with Crippen LogP contribution in [0.5, 0.6) is 5.75 Å². The first-order valence-electron chi connectivity index (χ1n) is 12.5. The quantitative estimate of drug-likeness (QED) is 0.530. The van der Waals surface area contributed by atoms with Crippen molar-refractivity contribution in [1.29, 1.82) is 0 Å². The maximum absolute atomic E-state index is 13.7. The molecule has 1 heterocycles. The van der Waals surface area contributed by atoms with Gasteiger partial charge in [-0.25, -0.2) is 8.42 Å². The van der Waals surface area contributed by atoms with Gasteiger partial charge in [-0.15, -0.1) is 0 Å². The highest BCUT2D eigenvalue weighted by atomic mass is 32.2. The third-order valence-corrected chi connectivity index (χ3v) is 8.91. The lowest BCUT2D eigenvalue weighted by atomic mass is 9.89. The number of fused-ring (bicyclic) bond motifs is 2. The number of carbonyl (C=O) groups excluding carboxylic acids is 1. The molecule has 3 aromatic rings. The fourth-order valence-electron chi connectivity index (χ4n) is 4.98. The number of carbonyl (C=O) groups is 1. The van der Waals surface area contributed by atoms with Crippen molar-refractivity contribution in [2.24, 2.45) is 0 Å². The number of rotatable bonds is 5. The molecular formula is C29H32N2O4S. The van der Waals surface area contributed by atoms with Crippen LogP contribution in [0.1, 0.15) is 53.6 Å². The van der Waals surface area contributed by atoms with Crippen molar-refractivity contribution < 1.29 is 17.9 Å². The minimum Gasteiger partial charge on any atom is -0.476 e. The molecule has 1 N–H and O–H groups in total. The lowest BCUT2D eigenvalue weighted by molar-refractivity contribution is -0.128.